The van der Waals surface area contributed by atoms with Crippen LogP contribution in [0.1, 0.15) is 26.5 Å². The Labute approximate surface area is 93.1 Å². The third kappa shape index (κ3) is 2.68. The molecule has 1 rings (SSSR count). The van der Waals surface area contributed by atoms with Crippen molar-refractivity contribution in [3.05, 3.63) is 5.69 Å². The molecular formula is C9H14ClN3O2. The zero-order valence-electron chi connectivity index (χ0n) is 9.00. The lowest BCUT2D eigenvalue weighted by atomic mass is 9.95. The van der Waals surface area contributed by atoms with E-state index >= 15 is 0 Å². The molecule has 0 radical (unpaired) electrons. The van der Waals surface area contributed by atoms with Gasteiger partial charge in [-0.15, -0.1) is 11.6 Å². The second-order valence-electron chi connectivity index (χ2n) is 3.88. The molecule has 5 nitrogen and oxygen atoms in total. The number of carbonyl (C=O) groups excluding carboxylic acids is 1. The summed E-state index contributed by atoms with van der Waals surface area (Å²) in [6.45, 7) is 5.42. The van der Waals surface area contributed by atoms with Gasteiger partial charge in [-0.3, -0.25) is 4.79 Å². The first-order valence-electron chi connectivity index (χ1n) is 4.70. The van der Waals surface area contributed by atoms with Gasteiger partial charge in [-0.25, -0.2) is 4.63 Å². The van der Waals surface area contributed by atoms with Crippen LogP contribution >= 0.6 is 11.6 Å². The van der Waals surface area contributed by atoms with Crippen molar-refractivity contribution < 1.29 is 9.42 Å². The minimum absolute atomic E-state index is 0.192. The lowest BCUT2D eigenvalue weighted by molar-refractivity contribution is -0.123. The van der Waals surface area contributed by atoms with Crippen molar-refractivity contribution in [1.29, 1.82) is 0 Å². The summed E-state index contributed by atoms with van der Waals surface area (Å²) in [6, 6.07) is 0. The van der Waals surface area contributed by atoms with Gasteiger partial charge in [0.15, 0.2) is 0 Å². The van der Waals surface area contributed by atoms with Gasteiger partial charge in [-0.05, 0) is 25.4 Å². The van der Waals surface area contributed by atoms with Gasteiger partial charge in [-0.1, -0.05) is 12.1 Å². The number of nitrogens with zero attached hydrogens (tertiary/aromatic N) is 2. The van der Waals surface area contributed by atoms with Crippen molar-refractivity contribution in [3.63, 3.8) is 0 Å². The highest BCUT2D eigenvalue weighted by molar-refractivity contribution is 6.20. The first-order chi connectivity index (χ1) is 7.01. The van der Waals surface area contributed by atoms with E-state index in [2.05, 4.69) is 20.3 Å². The van der Waals surface area contributed by atoms with Crippen LogP contribution in [0.5, 0.6) is 0 Å². The number of nitrogens with one attached hydrogen (secondary N) is 1. The van der Waals surface area contributed by atoms with Gasteiger partial charge < -0.3 is 5.32 Å². The molecule has 0 aliphatic rings. The molecule has 1 heterocycles. The zero-order valence-corrected chi connectivity index (χ0v) is 9.76. The van der Waals surface area contributed by atoms with E-state index in [1.54, 1.807) is 13.8 Å². The van der Waals surface area contributed by atoms with Gasteiger partial charge in [0.05, 0.1) is 5.41 Å². The average molecular weight is 232 g/mol. The molecule has 0 aliphatic carbocycles. The smallest absolute Gasteiger partial charge is 0.232 e. The highest BCUT2D eigenvalue weighted by atomic mass is 35.5. The fourth-order valence-corrected chi connectivity index (χ4v) is 0.992. The number of hydrogen-bond acceptors (Lipinski definition) is 4. The Kier molecular flexibility index (Phi) is 3.68. The quantitative estimate of drug-likeness (QED) is 0.803. The summed E-state index contributed by atoms with van der Waals surface area (Å²) in [7, 11) is 0. The summed E-state index contributed by atoms with van der Waals surface area (Å²) < 4.78 is 4.54. The Balaban J connectivity index is 2.74. The lowest BCUT2D eigenvalue weighted by Crippen LogP contribution is -2.32. The van der Waals surface area contributed by atoms with Crippen molar-refractivity contribution >= 4 is 23.3 Å². The maximum absolute atomic E-state index is 11.7. The fraction of sp³-hybridized carbons (Fsp3) is 0.667. The van der Waals surface area contributed by atoms with Gasteiger partial charge in [-0.2, -0.15) is 0 Å². The van der Waals surface area contributed by atoms with E-state index in [9.17, 15) is 4.79 Å². The van der Waals surface area contributed by atoms with E-state index in [1.807, 2.05) is 6.92 Å². The minimum atomic E-state index is -0.633. The number of hydrogen-bond donors (Lipinski definition) is 1. The molecule has 1 amide bonds. The van der Waals surface area contributed by atoms with Crippen LogP contribution in [0.15, 0.2) is 4.63 Å². The van der Waals surface area contributed by atoms with Crippen LogP contribution in [0.4, 0.5) is 5.82 Å². The minimum Gasteiger partial charge on any atom is -0.306 e. The fourth-order valence-electron chi connectivity index (χ4n) is 0.871. The van der Waals surface area contributed by atoms with Crippen molar-refractivity contribution in [3.8, 4) is 0 Å². The van der Waals surface area contributed by atoms with Gasteiger partial charge in [0.1, 0.15) is 5.69 Å². The SMILES string of the molecule is CCc1nonc1NC(=O)C(C)(C)CCl. The first-order valence-corrected chi connectivity index (χ1v) is 5.23. The van der Waals surface area contributed by atoms with Crippen LogP contribution in [0.25, 0.3) is 0 Å². The molecule has 0 saturated heterocycles. The van der Waals surface area contributed by atoms with E-state index in [1.165, 1.54) is 0 Å². The number of carbonyl (C=O) groups is 1. The molecule has 0 fully saturated rings. The van der Waals surface area contributed by atoms with E-state index < -0.39 is 5.41 Å². The predicted molar refractivity (Wildman–Crippen MR) is 56.8 cm³/mol. The van der Waals surface area contributed by atoms with Crippen molar-refractivity contribution in [2.24, 2.45) is 5.41 Å². The molecule has 0 unspecified atom stereocenters. The van der Waals surface area contributed by atoms with E-state index in [0.717, 1.165) is 0 Å². The molecule has 0 saturated carbocycles. The average Bonchev–Trinajstić information content (AvgIpc) is 2.65. The normalized spacial score (nSPS) is 11.5. The van der Waals surface area contributed by atoms with Crippen LogP contribution in [0.3, 0.4) is 0 Å². The van der Waals surface area contributed by atoms with E-state index in [0.29, 0.717) is 17.9 Å². The molecule has 0 aromatic carbocycles. The second-order valence-corrected chi connectivity index (χ2v) is 4.15. The third-order valence-corrected chi connectivity index (χ3v) is 2.74. The summed E-state index contributed by atoms with van der Waals surface area (Å²) in [6.07, 6.45) is 0.653. The van der Waals surface area contributed by atoms with Crippen LogP contribution in [0.2, 0.25) is 0 Å². The molecular weight excluding hydrogens is 218 g/mol. The van der Waals surface area contributed by atoms with Crippen molar-refractivity contribution in [2.75, 3.05) is 11.2 Å². The number of anilines is 1. The molecule has 0 aliphatic heterocycles. The van der Waals surface area contributed by atoms with Gasteiger partial charge in [0.2, 0.25) is 11.7 Å². The Morgan fingerprint density at radius 3 is 2.73 bits per heavy atom. The Bertz CT molecular complexity index is 349. The Morgan fingerprint density at radius 2 is 2.20 bits per heavy atom. The summed E-state index contributed by atoms with van der Waals surface area (Å²) in [5.74, 6) is 0.426. The molecule has 0 spiro atoms. The van der Waals surface area contributed by atoms with Crippen LogP contribution in [0, 0.1) is 5.41 Å². The summed E-state index contributed by atoms with van der Waals surface area (Å²) >= 11 is 5.68. The van der Waals surface area contributed by atoms with Crippen LogP contribution < -0.4 is 5.32 Å². The number of halogens is 1. The number of aromatic nitrogens is 2. The zero-order chi connectivity index (χ0) is 11.5. The van der Waals surface area contributed by atoms with E-state index in [-0.39, 0.29) is 11.8 Å². The molecule has 1 N–H and O–H groups in total. The first kappa shape index (κ1) is 12.0. The van der Waals surface area contributed by atoms with E-state index in [4.69, 9.17) is 11.6 Å². The maximum atomic E-state index is 11.7. The summed E-state index contributed by atoms with van der Waals surface area (Å²) in [5, 5.41) is 9.92. The maximum Gasteiger partial charge on any atom is 0.232 e. The topological polar surface area (TPSA) is 68.0 Å². The molecule has 6 heteroatoms. The number of rotatable bonds is 4. The van der Waals surface area contributed by atoms with Crippen molar-refractivity contribution in [1.82, 2.24) is 10.3 Å². The molecule has 84 valence electrons. The van der Waals surface area contributed by atoms with Crippen molar-refractivity contribution in [2.45, 2.75) is 27.2 Å². The number of aryl methyl sites for hydroxylation is 1. The Morgan fingerprint density at radius 1 is 1.53 bits per heavy atom. The Hall–Kier alpha value is -1.10. The summed E-state index contributed by atoms with van der Waals surface area (Å²) in [4.78, 5) is 11.7. The largest absolute Gasteiger partial charge is 0.306 e. The molecule has 1 aromatic heterocycles. The monoisotopic (exact) mass is 231 g/mol. The van der Waals surface area contributed by atoms with Crippen LogP contribution in [-0.4, -0.2) is 22.1 Å². The predicted octanol–water partition coefficient (Wildman–Crippen LogP) is 1.84. The molecule has 1 aromatic rings. The van der Waals surface area contributed by atoms with Gasteiger partial charge in [0, 0.05) is 5.88 Å². The standard InChI is InChI=1S/C9H14ClN3O2/c1-4-6-7(13-15-12-6)11-8(14)9(2,3)5-10/h4-5H2,1-3H3,(H,11,13,14). The van der Waals surface area contributed by atoms with Crippen LogP contribution in [-0.2, 0) is 11.2 Å². The highest BCUT2D eigenvalue weighted by Gasteiger charge is 2.28. The third-order valence-electron chi connectivity index (χ3n) is 2.07. The summed E-state index contributed by atoms with van der Waals surface area (Å²) in [5.41, 5.74) is -0.000339. The van der Waals surface area contributed by atoms with Gasteiger partial charge in [0.25, 0.3) is 0 Å². The lowest BCUT2D eigenvalue weighted by Gasteiger charge is -2.19. The number of amides is 1. The second kappa shape index (κ2) is 4.61. The highest BCUT2D eigenvalue weighted by Crippen LogP contribution is 2.20. The molecule has 0 atom stereocenters. The molecule has 15 heavy (non-hydrogen) atoms. The molecule has 0 bridgehead atoms. The number of alkyl halides is 1. The van der Waals surface area contributed by atoms with Gasteiger partial charge >= 0.3 is 0 Å².